The van der Waals surface area contributed by atoms with Gasteiger partial charge < -0.3 is 10.6 Å². The number of rotatable bonds is 5. The van der Waals surface area contributed by atoms with Gasteiger partial charge in [0.2, 0.25) is 0 Å². The summed E-state index contributed by atoms with van der Waals surface area (Å²) in [6.45, 7) is 8.57. The first kappa shape index (κ1) is 15.9. The molecular formula is C15H21FN4S. The third-order valence-corrected chi connectivity index (χ3v) is 3.91. The van der Waals surface area contributed by atoms with E-state index in [4.69, 9.17) is 0 Å². The molecule has 1 unspecified atom stereocenters. The second-order valence-corrected chi connectivity index (χ2v) is 6.90. The van der Waals surface area contributed by atoms with Crippen molar-refractivity contribution in [3.8, 4) is 0 Å². The Labute approximate surface area is 128 Å². The maximum atomic E-state index is 14.5. The van der Waals surface area contributed by atoms with Gasteiger partial charge in [-0.25, -0.2) is 14.4 Å². The average Bonchev–Trinajstić information content (AvgIpc) is 2.92. The number of thiazole rings is 1. The zero-order valence-electron chi connectivity index (χ0n) is 12.8. The third kappa shape index (κ3) is 4.47. The van der Waals surface area contributed by atoms with E-state index in [2.05, 4.69) is 41.4 Å². The quantitative estimate of drug-likeness (QED) is 0.883. The molecule has 2 rings (SSSR count). The molecule has 0 spiro atoms. The number of hydrogen-bond donors (Lipinski definition) is 2. The molecule has 0 aliphatic carbocycles. The largest absolute Gasteiger partial charge is 0.359 e. The highest BCUT2D eigenvalue weighted by atomic mass is 32.1. The Balaban J connectivity index is 2.10. The predicted molar refractivity (Wildman–Crippen MR) is 84.9 cm³/mol. The fourth-order valence-corrected chi connectivity index (χ4v) is 2.44. The van der Waals surface area contributed by atoms with Gasteiger partial charge in [-0.05, 0) is 33.8 Å². The third-order valence-electron chi connectivity index (χ3n) is 2.95. The van der Waals surface area contributed by atoms with E-state index in [0.29, 0.717) is 12.1 Å². The van der Waals surface area contributed by atoms with E-state index in [1.54, 1.807) is 18.5 Å². The second kappa shape index (κ2) is 6.49. The van der Waals surface area contributed by atoms with Crippen LogP contribution in [0.1, 0.15) is 44.3 Å². The highest BCUT2D eigenvalue weighted by molar-refractivity contribution is 7.09. The Morgan fingerprint density at radius 1 is 1.29 bits per heavy atom. The van der Waals surface area contributed by atoms with Crippen molar-refractivity contribution in [3.05, 3.63) is 40.2 Å². The molecule has 0 amide bonds. The lowest BCUT2D eigenvalue weighted by Gasteiger charge is -2.21. The standard InChI is InChI=1S/C15H21FN4S/c1-10(14-18-7-8-21-14)20-13-12(16)11(5-6-17-13)9-19-15(2,3)4/h5-8,10,19H,9H2,1-4H3,(H,17,20). The van der Waals surface area contributed by atoms with E-state index in [9.17, 15) is 4.39 Å². The minimum absolute atomic E-state index is 0.0581. The van der Waals surface area contributed by atoms with Gasteiger partial charge in [-0.3, -0.25) is 0 Å². The van der Waals surface area contributed by atoms with E-state index in [0.717, 1.165) is 5.01 Å². The van der Waals surface area contributed by atoms with E-state index >= 15 is 0 Å². The Morgan fingerprint density at radius 3 is 2.67 bits per heavy atom. The predicted octanol–water partition coefficient (Wildman–Crippen LogP) is 3.74. The second-order valence-electron chi connectivity index (χ2n) is 5.97. The van der Waals surface area contributed by atoms with Gasteiger partial charge in [0.25, 0.3) is 0 Å². The van der Waals surface area contributed by atoms with Crippen LogP contribution in [0.4, 0.5) is 10.2 Å². The van der Waals surface area contributed by atoms with E-state index in [-0.39, 0.29) is 23.2 Å². The monoisotopic (exact) mass is 308 g/mol. The number of hydrogen-bond acceptors (Lipinski definition) is 5. The van der Waals surface area contributed by atoms with Gasteiger partial charge in [-0.1, -0.05) is 0 Å². The summed E-state index contributed by atoms with van der Waals surface area (Å²) in [6.07, 6.45) is 3.37. The molecule has 114 valence electrons. The summed E-state index contributed by atoms with van der Waals surface area (Å²) in [5, 5.41) is 9.18. The van der Waals surface area contributed by atoms with Crippen molar-refractivity contribution in [1.29, 1.82) is 0 Å². The summed E-state index contributed by atoms with van der Waals surface area (Å²) in [6, 6.07) is 1.63. The zero-order valence-corrected chi connectivity index (χ0v) is 13.6. The summed E-state index contributed by atoms with van der Waals surface area (Å²) < 4.78 is 14.5. The first-order valence-electron chi connectivity index (χ1n) is 6.91. The lowest BCUT2D eigenvalue weighted by Crippen LogP contribution is -2.35. The van der Waals surface area contributed by atoms with Crippen molar-refractivity contribution in [2.45, 2.75) is 45.8 Å². The van der Waals surface area contributed by atoms with Gasteiger partial charge in [0, 0.05) is 35.4 Å². The summed E-state index contributed by atoms with van der Waals surface area (Å²) >= 11 is 1.54. The molecule has 0 radical (unpaired) electrons. The minimum atomic E-state index is -0.308. The number of nitrogens with zero attached hydrogens (tertiary/aromatic N) is 2. The topological polar surface area (TPSA) is 49.8 Å². The molecule has 0 fully saturated rings. The number of anilines is 1. The lowest BCUT2D eigenvalue weighted by molar-refractivity contribution is 0.418. The van der Waals surface area contributed by atoms with Crippen LogP contribution in [0, 0.1) is 5.82 Å². The van der Waals surface area contributed by atoms with Crippen LogP contribution in [0.2, 0.25) is 0 Å². The van der Waals surface area contributed by atoms with Gasteiger partial charge in [-0.2, -0.15) is 0 Å². The van der Waals surface area contributed by atoms with Crippen LogP contribution in [0.15, 0.2) is 23.8 Å². The fourth-order valence-electron chi connectivity index (χ4n) is 1.80. The summed E-state index contributed by atoms with van der Waals surface area (Å²) in [5.41, 5.74) is 0.547. The first-order chi connectivity index (χ1) is 9.87. The molecule has 2 aromatic heterocycles. The van der Waals surface area contributed by atoms with Gasteiger partial charge >= 0.3 is 0 Å². The van der Waals surface area contributed by atoms with Gasteiger partial charge in [0.15, 0.2) is 11.6 Å². The summed E-state index contributed by atoms with van der Waals surface area (Å²) in [7, 11) is 0. The van der Waals surface area contributed by atoms with Gasteiger partial charge in [-0.15, -0.1) is 11.3 Å². The Morgan fingerprint density at radius 2 is 2.05 bits per heavy atom. The molecule has 21 heavy (non-hydrogen) atoms. The lowest BCUT2D eigenvalue weighted by atomic mass is 10.1. The number of halogens is 1. The van der Waals surface area contributed by atoms with E-state index in [1.807, 2.05) is 12.3 Å². The van der Waals surface area contributed by atoms with Crippen LogP contribution in [0.5, 0.6) is 0 Å². The van der Waals surface area contributed by atoms with Crippen molar-refractivity contribution in [2.75, 3.05) is 5.32 Å². The summed E-state index contributed by atoms with van der Waals surface area (Å²) in [5.74, 6) is -0.0384. The van der Waals surface area contributed by atoms with Gasteiger partial charge in [0.05, 0.1) is 6.04 Å². The zero-order chi connectivity index (χ0) is 15.5. The molecule has 2 aromatic rings. The average molecular weight is 308 g/mol. The molecule has 0 aliphatic heterocycles. The van der Waals surface area contributed by atoms with Crippen LogP contribution in [-0.4, -0.2) is 15.5 Å². The molecule has 0 saturated carbocycles. The van der Waals surface area contributed by atoms with Crippen molar-refractivity contribution in [1.82, 2.24) is 15.3 Å². The molecule has 0 bridgehead atoms. The smallest absolute Gasteiger partial charge is 0.169 e. The maximum Gasteiger partial charge on any atom is 0.169 e. The molecule has 2 heterocycles. The number of aromatic nitrogens is 2. The van der Waals surface area contributed by atoms with Crippen LogP contribution in [-0.2, 0) is 6.54 Å². The molecule has 6 heteroatoms. The number of pyridine rings is 1. The normalized spacial score (nSPS) is 13.2. The Kier molecular flexibility index (Phi) is 4.90. The Bertz CT molecular complexity index is 578. The fraction of sp³-hybridized carbons (Fsp3) is 0.467. The SMILES string of the molecule is CC(Nc1nccc(CNC(C)(C)C)c1F)c1nccs1. The summed E-state index contributed by atoms with van der Waals surface area (Å²) in [4.78, 5) is 8.32. The molecule has 0 aromatic carbocycles. The van der Waals surface area contributed by atoms with Crippen molar-refractivity contribution in [2.24, 2.45) is 0 Å². The van der Waals surface area contributed by atoms with Crippen LogP contribution in [0.25, 0.3) is 0 Å². The van der Waals surface area contributed by atoms with Crippen LogP contribution >= 0.6 is 11.3 Å². The molecule has 4 nitrogen and oxygen atoms in total. The first-order valence-corrected chi connectivity index (χ1v) is 7.79. The van der Waals surface area contributed by atoms with Crippen LogP contribution in [0.3, 0.4) is 0 Å². The van der Waals surface area contributed by atoms with E-state index in [1.165, 1.54) is 11.3 Å². The molecule has 0 saturated heterocycles. The molecule has 0 aliphatic rings. The minimum Gasteiger partial charge on any atom is -0.359 e. The molecule has 2 N–H and O–H groups in total. The highest BCUT2D eigenvalue weighted by Crippen LogP contribution is 2.23. The highest BCUT2D eigenvalue weighted by Gasteiger charge is 2.16. The van der Waals surface area contributed by atoms with E-state index < -0.39 is 0 Å². The molecule has 1 atom stereocenters. The van der Waals surface area contributed by atoms with Crippen molar-refractivity contribution >= 4 is 17.2 Å². The number of nitrogens with one attached hydrogen (secondary N) is 2. The van der Waals surface area contributed by atoms with Gasteiger partial charge in [0.1, 0.15) is 5.01 Å². The van der Waals surface area contributed by atoms with Crippen molar-refractivity contribution in [3.63, 3.8) is 0 Å². The molecular weight excluding hydrogens is 287 g/mol. The van der Waals surface area contributed by atoms with Crippen LogP contribution < -0.4 is 10.6 Å². The maximum absolute atomic E-state index is 14.5. The van der Waals surface area contributed by atoms with Crippen molar-refractivity contribution < 1.29 is 4.39 Å². The Hall–Kier alpha value is -1.53.